The molecule has 3 aromatic rings. The van der Waals surface area contributed by atoms with Gasteiger partial charge in [0.25, 0.3) is 0 Å². The first-order chi connectivity index (χ1) is 15.6. The van der Waals surface area contributed by atoms with Gasteiger partial charge in [0.1, 0.15) is 6.10 Å². The molecule has 0 aromatic heterocycles. The van der Waals surface area contributed by atoms with Crippen molar-refractivity contribution in [1.29, 1.82) is 0 Å². The zero-order valence-corrected chi connectivity index (χ0v) is 19.4. The Labute approximate surface area is 189 Å². The molecule has 0 heterocycles. The summed E-state index contributed by atoms with van der Waals surface area (Å²) >= 11 is 0. The molecule has 1 unspecified atom stereocenters. The van der Waals surface area contributed by atoms with Crippen LogP contribution >= 0.6 is 6.89 Å². The van der Waals surface area contributed by atoms with E-state index in [-0.39, 0.29) is 5.78 Å². The van der Waals surface area contributed by atoms with Crippen LogP contribution in [0.5, 0.6) is 0 Å². The maximum atomic E-state index is 13.8. The predicted octanol–water partition coefficient (Wildman–Crippen LogP) is 3.49. The molecule has 164 valence electrons. The summed E-state index contributed by atoms with van der Waals surface area (Å²) < 4.78 is 10.3. The van der Waals surface area contributed by atoms with Crippen LogP contribution in [-0.2, 0) is 19.1 Å². The Bertz CT molecular complexity index is 1030. The maximum absolute atomic E-state index is 13.8. The quantitative estimate of drug-likeness (QED) is 0.302. The second-order valence-corrected chi connectivity index (χ2v) is 10.5. The van der Waals surface area contributed by atoms with Gasteiger partial charge in [0.15, 0.2) is 5.78 Å². The van der Waals surface area contributed by atoms with Crippen molar-refractivity contribution < 1.29 is 19.1 Å². The number of hydrogen-bond donors (Lipinski definition) is 0. The van der Waals surface area contributed by atoms with E-state index in [1.165, 1.54) is 20.3 Å². The van der Waals surface area contributed by atoms with Crippen LogP contribution in [0.4, 0.5) is 0 Å². The van der Waals surface area contributed by atoms with Crippen LogP contribution in [0, 0.1) is 0 Å². The molecular weight excluding hydrogens is 419 g/mol. The lowest BCUT2D eigenvalue weighted by Gasteiger charge is -2.32. The third kappa shape index (κ3) is 4.67. The van der Waals surface area contributed by atoms with Crippen LogP contribution in [0.15, 0.2) is 103 Å². The first-order valence-electron chi connectivity index (χ1n) is 10.3. The number of allylic oxidation sites excluding steroid dienone is 1. The van der Waals surface area contributed by atoms with Crippen molar-refractivity contribution in [3.05, 3.63) is 103 Å². The Balaban J connectivity index is 2.60. The lowest BCUT2D eigenvalue weighted by atomic mass is 10.2. The Morgan fingerprint density at radius 3 is 1.47 bits per heavy atom. The minimum atomic E-state index is -2.66. The number of Topliss-reactive ketones (excluding diaryl/α,β-unsaturated/α-hetero) is 1. The molecule has 0 saturated carbocycles. The number of ketones is 1. The zero-order chi connectivity index (χ0) is 23.0. The van der Waals surface area contributed by atoms with Crippen molar-refractivity contribution in [1.82, 2.24) is 0 Å². The van der Waals surface area contributed by atoms with Gasteiger partial charge in [0, 0.05) is 18.5 Å². The number of rotatable bonds is 8. The number of carbonyl (C=O) groups excluding carboxylic acids is 2. The van der Waals surface area contributed by atoms with Crippen molar-refractivity contribution in [3.8, 4) is 0 Å². The van der Waals surface area contributed by atoms with Gasteiger partial charge in [-0.05, 0) is 35.8 Å². The van der Waals surface area contributed by atoms with Crippen LogP contribution in [0.2, 0.25) is 0 Å². The summed E-state index contributed by atoms with van der Waals surface area (Å²) in [5.41, 5.74) is 0. The van der Waals surface area contributed by atoms with E-state index in [4.69, 9.17) is 9.47 Å². The summed E-state index contributed by atoms with van der Waals surface area (Å²) in [5, 5.41) is 3.57. The Hall–Kier alpha value is -3.20. The van der Waals surface area contributed by atoms with E-state index in [1.807, 2.05) is 91.0 Å². The zero-order valence-electron chi connectivity index (χ0n) is 18.5. The van der Waals surface area contributed by atoms with Crippen molar-refractivity contribution >= 4 is 39.8 Å². The summed E-state index contributed by atoms with van der Waals surface area (Å²) in [6.45, 7) is -0.935. The molecule has 0 aliphatic heterocycles. The smallest absolute Gasteiger partial charge is 0.330 e. The van der Waals surface area contributed by atoms with E-state index in [9.17, 15) is 9.59 Å². The number of hydrogen-bond acceptors (Lipinski definition) is 4. The average molecular weight is 446 g/mol. The first-order valence-corrected chi connectivity index (χ1v) is 12.1. The number of carbonyl (C=O) groups is 2. The lowest BCUT2D eigenvalue weighted by Crippen LogP contribution is -2.36. The van der Waals surface area contributed by atoms with Crippen molar-refractivity contribution in [2.24, 2.45) is 0 Å². The molecule has 3 aromatic carbocycles. The normalized spacial score (nSPS) is 12.3. The van der Waals surface area contributed by atoms with E-state index >= 15 is 0 Å². The van der Waals surface area contributed by atoms with E-state index < -0.39 is 19.0 Å². The highest BCUT2D eigenvalue weighted by molar-refractivity contribution is 7.96. The molecule has 0 saturated heterocycles. The van der Waals surface area contributed by atoms with Gasteiger partial charge in [-0.1, -0.05) is 91.0 Å². The predicted molar refractivity (Wildman–Crippen MR) is 133 cm³/mol. The average Bonchev–Trinajstić information content (AvgIpc) is 2.87. The molecule has 0 aliphatic rings. The first kappa shape index (κ1) is 23.5. The summed E-state index contributed by atoms with van der Waals surface area (Å²) in [6, 6.07) is 30.0. The van der Waals surface area contributed by atoms with Gasteiger partial charge in [0.2, 0.25) is 0 Å². The van der Waals surface area contributed by atoms with Gasteiger partial charge >= 0.3 is 5.97 Å². The molecule has 0 N–H and O–H groups in total. The van der Waals surface area contributed by atoms with E-state index in [1.54, 1.807) is 13.0 Å². The molecule has 5 heteroatoms. The third-order valence-corrected chi connectivity index (χ3v) is 9.66. The number of methoxy groups -OCH3 is 2. The molecule has 0 amide bonds. The van der Waals surface area contributed by atoms with Crippen LogP contribution < -0.4 is 15.9 Å². The third-order valence-electron chi connectivity index (χ3n) is 5.35. The van der Waals surface area contributed by atoms with Gasteiger partial charge in [-0.3, -0.25) is 4.79 Å². The number of benzene rings is 3. The maximum Gasteiger partial charge on any atom is 0.330 e. The molecule has 0 spiro atoms. The summed E-state index contributed by atoms with van der Waals surface area (Å²) in [5.74, 6) is -0.690. The van der Waals surface area contributed by atoms with E-state index in [0.29, 0.717) is 5.29 Å². The van der Waals surface area contributed by atoms with Gasteiger partial charge in [-0.25, -0.2) is 4.79 Å². The molecule has 3 rings (SSSR count). The SMILES string of the molecule is COC(=O)/C=C/C(C(=O)C(C)OC)=P(c1ccccc1)(c1ccccc1)c1ccccc1. The van der Waals surface area contributed by atoms with Gasteiger partial charge in [-0.15, -0.1) is 0 Å². The summed E-state index contributed by atoms with van der Waals surface area (Å²) in [7, 11) is 2.83. The van der Waals surface area contributed by atoms with Crippen LogP contribution in [0.1, 0.15) is 6.92 Å². The highest BCUT2D eigenvalue weighted by Gasteiger charge is 2.33. The highest BCUT2D eigenvalue weighted by atomic mass is 31.2. The topological polar surface area (TPSA) is 52.6 Å². The Morgan fingerprint density at radius 1 is 0.719 bits per heavy atom. The fourth-order valence-corrected chi connectivity index (χ4v) is 8.11. The molecule has 0 fully saturated rings. The van der Waals surface area contributed by atoms with Crippen LogP contribution in [-0.4, -0.2) is 37.4 Å². The molecule has 32 heavy (non-hydrogen) atoms. The molecule has 1 atom stereocenters. The monoisotopic (exact) mass is 446 g/mol. The van der Waals surface area contributed by atoms with Crippen LogP contribution in [0.3, 0.4) is 0 Å². The standard InChI is InChI=1S/C27H27O4P/c1-21(30-2)27(29)25(19-20-26(28)31-3)32(22-13-7-4-8-14-22,23-15-9-5-10-16-23)24-17-11-6-12-18-24/h4-21H,1-3H3/b20-19+. The molecule has 0 radical (unpaired) electrons. The van der Waals surface area contributed by atoms with E-state index in [2.05, 4.69) is 0 Å². The van der Waals surface area contributed by atoms with E-state index in [0.717, 1.165) is 15.9 Å². The fourth-order valence-electron chi connectivity index (χ4n) is 3.71. The minimum Gasteiger partial charge on any atom is -0.466 e. The highest BCUT2D eigenvalue weighted by Crippen LogP contribution is 2.47. The molecule has 4 nitrogen and oxygen atoms in total. The lowest BCUT2D eigenvalue weighted by molar-refractivity contribution is -0.134. The summed E-state index contributed by atoms with van der Waals surface area (Å²) in [4.78, 5) is 25.9. The van der Waals surface area contributed by atoms with Crippen molar-refractivity contribution in [2.45, 2.75) is 13.0 Å². The van der Waals surface area contributed by atoms with Gasteiger partial charge < -0.3 is 9.47 Å². The Morgan fingerprint density at radius 2 is 1.12 bits per heavy atom. The van der Waals surface area contributed by atoms with Crippen LogP contribution in [0.25, 0.3) is 0 Å². The number of esters is 1. The van der Waals surface area contributed by atoms with Crippen molar-refractivity contribution in [3.63, 3.8) is 0 Å². The number of ether oxygens (including phenoxy) is 2. The summed E-state index contributed by atoms with van der Waals surface area (Å²) in [6.07, 6.45) is 2.26. The van der Waals surface area contributed by atoms with Gasteiger partial charge in [-0.2, -0.15) is 0 Å². The van der Waals surface area contributed by atoms with Crippen molar-refractivity contribution in [2.75, 3.05) is 14.2 Å². The molecular formula is C27H27O4P. The molecule has 0 bridgehead atoms. The Kier molecular flexibility index (Phi) is 7.99. The fraction of sp³-hybridized carbons (Fsp3) is 0.148. The largest absolute Gasteiger partial charge is 0.466 e. The van der Waals surface area contributed by atoms with Gasteiger partial charge in [0.05, 0.1) is 7.11 Å². The molecule has 0 aliphatic carbocycles. The minimum absolute atomic E-state index is 0.169. The second kappa shape index (κ2) is 10.9. The second-order valence-electron chi connectivity index (χ2n) is 7.16.